The molecule has 0 radical (unpaired) electrons. The van der Waals surface area contributed by atoms with Gasteiger partial charge in [0.1, 0.15) is 5.75 Å². The van der Waals surface area contributed by atoms with Crippen LogP contribution in [0.1, 0.15) is 25.8 Å². The highest BCUT2D eigenvalue weighted by Crippen LogP contribution is 2.27. The second-order valence-electron chi connectivity index (χ2n) is 5.21. The van der Waals surface area contributed by atoms with Crippen molar-refractivity contribution in [3.8, 4) is 5.75 Å². The molecule has 0 bridgehead atoms. The quantitative estimate of drug-likeness (QED) is 0.774. The highest BCUT2D eigenvalue weighted by molar-refractivity contribution is 5.87. The Balaban J connectivity index is 2.32. The molecule has 3 nitrogen and oxygen atoms in total. The third-order valence-electron chi connectivity index (χ3n) is 3.84. The van der Waals surface area contributed by atoms with Gasteiger partial charge in [0, 0.05) is 17.6 Å². The van der Waals surface area contributed by atoms with Gasteiger partial charge in [-0.05, 0) is 30.2 Å². The number of phenols is 1. The van der Waals surface area contributed by atoms with E-state index in [1.165, 1.54) is 0 Å². The Bertz CT molecular complexity index is 562. The van der Waals surface area contributed by atoms with Gasteiger partial charge in [0.2, 0.25) is 0 Å². The average molecular weight is 259 g/mol. The van der Waals surface area contributed by atoms with Gasteiger partial charge in [-0.25, -0.2) is 0 Å². The third-order valence-corrected chi connectivity index (χ3v) is 3.84. The molecule has 2 aromatic carbocycles. The Morgan fingerprint density at radius 1 is 1.16 bits per heavy atom. The fourth-order valence-electron chi connectivity index (χ4n) is 2.10. The van der Waals surface area contributed by atoms with Gasteiger partial charge in [-0.1, -0.05) is 37.3 Å². The van der Waals surface area contributed by atoms with Crippen LogP contribution in [0.15, 0.2) is 36.4 Å². The minimum Gasteiger partial charge on any atom is -0.508 e. The van der Waals surface area contributed by atoms with E-state index in [9.17, 15) is 10.2 Å². The van der Waals surface area contributed by atoms with E-state index >= 15 is 0 Å². The first-order valence-corrected chi connectivity index (χ1v) is 6.65. The molecule has 1 atom stereocenters. The van der Waals surface area contributed by atoms with Gasteiger partial charge >= 0.3 is 0 Å². The Hall–Kier alpha value is -1.58. The molecule has 0 heterocycles. The Labute approximate surface area is 113 Å². The van der Waals surface area contributed by atoms with Crippen molar-refractivity contribution >= 4 is 10.8 Å². The van der Waals surface area contributed by atoms with E-state index in [2.05, 4.69) is 5.32 Å². The predicted molar refractivity (Wildman–Crippen MR) is 78.2 cm³/mol. The lowest BCUT2D eigenvalue weighted by Crippen LogP contribution is -2.44. The molecule has 2 aromatic rings. The summed E-state index contributed by atoms with van der Waals surface area (Å²) in [5.74, 6) is 0.294. The first-order valence-electron chi connectivity index (χ1n) is 6.65. The summed E-state index contributed by atoms with van der Waals surface area (Å²) >= 11 is 0. The molecule has 0 aromatic heterocycles. The molecule has 19 heavy (non-hydrogen) atoms. The minimum atomic E-state index is -0.316. The minimum absolute atomic E-state index is 0.0784. The normalized spacial score (nSPS) is 14.5. The SMILES string of the molecule is CCC(C)(CO)NCc1c(O)ccc2ccccc12. The summed E-state index contributed by atoms with van der Waals surface area (Å²) < 4.78 is 0. The van der Waals surface area contributed by atoms with E-state index in [1.807, 2.05) is 44.2 Å². The van der Waals surface area contributed by atoms with Crippen LogP contribution in [0.5, 0.6) is 5.75 Å². The van der Waals surface area contributed by atoms with Gasteiger partial charge in [0.05, 0.1) is 6.61 Å². The van der Waals surface area contributed by atoms with E-state index < -0.39 is 0 Å². The van der Waals surface area contributed by atoms with Crippen molar-refractivity contribution in [2.45, 2.75) is 32.4 Å². The molecule has 3 heteroatoms. The van der Waals surface area contributed by atoms with Crippen LogP contribution in [0.25, 0.3) is 10.8 Å². The lowest BCUT2D eigenvalue weighted by Gasteiger charge is -2.27. The summed E-state index contributed by atoms with van der Waals surface area (Å²) in [5.41, 5.74) is 0.565. The molecule has 0 fully saturated rings. The highest BCUT2D eigenvalue weighted by atomic mass is 16.3. The standard InChI is InChI=1S/C16H21NO2/c1-3-16(2,11-18)17-10-14-13-7-5-4-6-12(13)8-9-15(14)19/h4-9,17-19H,3,10-11H2,1-2H3. The summed E-state index contributed by atoms with van der Waals surface area (Å²) in [6.45, 7) is 4.63. The summed E-state index contributed by atoms with van der Waals surface area (Å²) in [6.07, 6.45) is 0.828. The number of phenolic OH excluding ortho intramolecular Hbond substituents is 1. The Kier molecular flexibility index (Phi) is 4.08. The Morgan fingerprint density at radius 3 is 2.58 bits per heavy atom. The zero-order valence-corrected chi connectivity index (χ0v) is 11.5. The van der Waals surface area contributed by atoms with Crippen molar-refractivity contribution in [2.75, 3.05) is 6.61 Å². The maximum atomic E-state index is 10.0. The van der Waals surface area contributed by atoms with Crippen LogP contribution < -0.4 is 5.32 Å². The molecule has 1 unspecified atom stereocenters. The van der Waals surface area contributed by atoms with Gasteiger partial charge in [-0.3, -0.25) is 0 Å². The van der Waals surface area contributed by atoms with Crippen molar-refractivity contribution in [1.29, 1.82) is 0 Å². The molecule has 0 saturated carbocycles. The zero-order chi connectivity index (χ0) is 13.9. The van der Waals surface area contributed by atoms with Crippen molar-refractivity contribution in [2.24, 2.45) is 0 Å². The molecule has 0 aliphatic rings. The second-order valence-corrected chi connectivity index (χ2v) is 5.21. The van der Waals surface area contributed by atoms with Crippen LogP contribution in [0.3, 0.4) is 0 Å². The first-order chi connectivity index (χ1) is 9.09. The molecule has 102 valence electrons. The first kappa shape index (κ1) is 13.8. The van der Waals surface area contributed by atoms with Crippen molar-refractivity contribution in [3.63, 3.8) is 0 Å². The predicted octanol–water partition coefficient (Wildman–Crippen LogP) is 2.80. The number of rotatable bonds is 5. The smallest absolute Gasteiger partial charge is 0.120 e. The van der Waals surface area contributed by atoms with Gasteiger partial charge in [-0.15, -0.1) is 0 Å². The molecule has 0 saturated heterocycles. The maximum Gasteiger partial charge on any atom is 0.120 e. The number of aliphatic hydroxyl groups excluding tert-OH is 1. The summed E-state index contributed by atoms with van der Waals surface area (Å²) in [5, 5.41) is 25.0. The van der Waals surface area contributed by atoms with Crippen molar-refractivity contribution in [3.05, 3.63) is 42.0 Å². The summed E-state index contributed by atoms with van der Waals surface area (Å²) in [6, 6.07) is 11.6. The number of hydrogen-bond acceptors (Lipinski definition) is 3. The third kappa shape index (κ3) is 2.88. The molecule has 0 aliphatic carbocycles. The van der Waals surface area contributed by atoms with Crippen LogP contribution in [-0.2, 0) is 6.54 Å². The van der Waals surface area contributed by atoms with E-state index in [1.54, 1.807) is 6.07 Å². The lowest BCUT2D eigenvalue weighted by atomic mass is 9.98. The van der Waals surface area contributed by atoms with Crippen LogP contribution in [0, 0.1) is 0 Å². The van der Waals surface area contributed by atoms with E-state index in [0.717, 1.165) is 22.8 Å². The number of benzene rings is 2. The van der Waals surface area contributed by atoms with E-state index in [0.29, 0.717) is 12.3 Å². The van der Waals surface area contributed by atoms with Gasteiger partial charge in [-0.2, -0.15) is 0 Å². The van der Waals surface area contributed by atoms with Crippen LogP contribution in [0.2, 0.25) is 0 Å². The molecule has 0 spiro atoms. The molecule has 2 rings (SSSR count). The number of aliphatic hydroxyl groups is 1. The van der Waals surface area contributed by atoms with Crippen LogP contribution in [-0.4, -0.2) is 22.4 Å². The molecule has 0 aliphatic heterocycles. The van der Waals surface area contributed by atoms with E-state index in [-0.39, 0.29) is 12.1 Å². The fourth-order valence-corrected chi connectivity index (χ4v) is 2.10. The maximum absolute atomic E-state index is 10.0. The number of nitrogens with one attached hydrogen (secondary N) is 1. The number of hydrogen-bond donors (Lipinski definition) is 3. The van der Waals surface area contributed by atoms with Gasteiger partial charge < -0.3 is 15.5 Å². The second kappa shape index (κ2) is 5.59. The van der Waals surface area contributed by atoms with Crippen molar-refractivity contribution < 1.29 is 10.2 Å². The fraction of sp³-hybridized carbons (Fsp3) is 0.375. The van der Waals surface area contributed by atoms with Crippen LogP contribution in [0.4, 0.5) is 0 Å². The highest BCUT2D eigenvalue weighted by Gasteiger charge is 2.20. The van der Waals surface area contributed by atoms with E-state index in [4.69, 9.17) is 0 Å². The lowest BCUT2D eigenvalue weighted by molar-refractivity contribution is 0.168. The summed E-state index contributed by atoms with van der Waals surface area (Å²) in [4.78, 5) is 0. The summed E-state index contributed by atoms with van der Waals surface area (Å²) in [7, 11) is 0. The topological polar surface area (TPSA) is 52.5 Å². The number of fused-ring (bicyclic) bond motifs is 1. The van der Waals surface area contributed by atoms with Gasteiger partial charge in [0.25, 0.3) is 0 Å². The molecular weight excluding hydrogens is 238 g/mol. The van der Waals surface area contributed by atoms with Gasteiger partial charge in [0.15, 0.2) is 0 Å². The molecule has 0 amide bonds. The zero-order valence-electron chi connectivity index (χ0n) is 11.5. The Morgan fingerprint density at radius 2 is 1.89 bits per heavy atom. The molecular formula is C16H21NO2. The van der Waals surface area contributed by atoms with Crippen LogP contribution >= 0.6 is 0 Å². The number of aromatic hydroxyl groups is 1. The largest absolute Gasteiger partial charge is 0.508 e. The monoisotopic (exact) mass is 259 g/mol. The average Bonchev–Trinajstić information content (AvgIpc) is 2.46. The molecule has 3 N–H and O–H groups in total. The van der Waals surface area contributed by atoms with Crippen molar-refractivity contribution in [1.82, 2.24) is 5.32 Å².